The Morgan fingerprint density at radius 3 is 2.65 bits per heavy atom. The summed E-state index contributed by atoms with van der Waals surface area (Å²) >= 11 is 0. The number of nitrogens with two attached hydrogens (primary N) is 1. The van der Waals surface area contributed by atoms with E-state index < -0.39 is 17.8 Å². The molecule has 4 N–H and O–H groups in total. The van der Waals surface area contributed by atoms with Gasteiger partial charge in [-0.3, -0.25) is 14.6 Å². The maximum atomic E-state index is 10.9. The lowest BCUT2D eigenvalue weighted by atomic mass is 10.0. The smallest absolute Gasteiger partial charge is 0.308 e. The molecule has 2 unspecified atom stereocenters. The lowest BCUT2D eigenvalue weighted by Gasteiger charge is -2.19. The minimum atomic E-state index is -0.880. The zero-order valence-corrected chi connectivity index (χ0v) is 9.68. The average Bonchev–Trinajstić information content (AvgIpc) is 2.28. The molecule has 0 spiro atoms. The summed E-state index contributed by atoms with van der Waals surface area (Å²) in [5.74, 6) is -2.04. The number of hydrogen-bond acceptors (Lipinski definition) is 4. The van der Waals surface area contributed by atoms with Crippen molar-refractivity contribution in [1.29, 1.82) is 0 Å². The van der Waals surface area contributed by atoms with Gasteiger partial charge in [-0.15, -0.1) is 0 Å². The van der Waals surface area contributed by atoms with Crippen LogP contribution in [0.1, 0.15) is 24.3 Å². The number of aromatic nitrogens is 1. The van der Waals surface area contributed by atoms with Crippen molar-refractivity contribution >= 4 is 17.6 Å². The van der Waals surface area contributed by atoms with Crippen molar-refractivity contribution in [3.05, 3.63) is 24.0 Å². The number of aliphatic carboxylic acids is 1. The zero-order valence-electron chi connectivity index (χ0n) is 9.68. The topological polar surface area (TPSA) is 105 Å². The van der Waals surface area contributed by atoms with Crippen LogP contribution in [0.15, 0.2) is 18.3 Å². The highest BCUT2D eigenvalue weighted by Crippen LogP contribution is 2.13. The van der Waals surface area contributed by atoms with Crippen molar-refractivity contribution in [3.63, 3.8) is 0 Å². The standard InChI is InChI=1S/C11H15N3O3/c1-6(11(16)17)7(2)14-8-3-4-13-9(5-8)10(12)15/h3-7H,1-2H3,(H2,12,15)(H,13,14)(H,16,17). The van der Waals surface area contributed by atoms with Crippen molar-refractivity contribution in [3.8, 4) is 0 Å². The monoisotopic (exact) mass is 237 g/mol. The fourth-order valence-electron chi connectivity index (χ4n) is 1.26. The highest BCUT2D eigenvalue weighted by Gasteiger charge is 2.19. The predicted octanol–water partition coefficient (Wildman–Crippen LogP) is 0.702. The van der Waals surface area contributed by atoms with Crippen LogP contribution in [0.2, 0.25) is 0 Å². The molecular formula is C11H15N3O3. The molecule has 1 aromatic heterocycles. The second-order valence-electron chi connectivity index (χ2n) is 3.85. The summed E-state index contributed by atoms with van der Waals surface area (Å²) in [5.41, 5.74) is 5.86. The van der Waals surface area contributed by atoms with Crippen LogP contribution in [0.5, 0.6) is 0 Å². The molecule has 0 fully saturated rings. The molecule has 0 aromatic carbocycles. The summed E-state index contributed by atoms with van der Waals surface area (Å²) in [4.78, 5) is 25.5. The number of hydrogen-bond donors (Lipinski definition) is 3. The first kappa shape index (κ1) is 13.0. The molecule has 2 atom stereocenters. The fraction of sp³-hybridized carbons (Fsp3) is 0.364. The van der Waals surface area contributed by atoms with Crippen LogP contribution in [0, 0.1) is 5.92 Å². The Hall–Kier alpha value is -2.11. The van der Waals surface area contributed by atoms with Crippen LogP contribution in [0.25, 0.3) is 0 Å². The van der Waals surface area contributed by atoms with Crippen LogP contribution >= 0.6 is 0 Å². The number of rotatable bonds is 5. The molecule has 0 aliphatic carbocycles. The van der Waals surface area contributed by atoms with E-state index in [9.17, 15) is 9.59 Å². The Morgan fingerprint density at radius 2 is 2.12 bits per heavy atom. The number of amides is 1. The van der Waals surface area contributed by atoms with E-state index >= 15 is 0 Å². The molecule has 6 nitrogen and oxygen atoms in total. The second kappa shape index (κ2) is 5.29. The van der Waals surface area contributed by atoms with Gasteiger partial charge in [-0.2, -0.15) is 0 Å². The van der Waals surface area contributed by atoms with Crippen molar-refractivity contribution < 1.29 is 14.7 Å². The van der Waals surface area contributed by atoms with Gasteiger partial charge in [0.15, 0.2) is 0 Å². The van der Waals surface area contributed by atoms with Crippen molar-refractivity contribution in [2.24, 2.45) is 11.7 Å². The molecule has 0 aliphatic rings. The summed E-state index contributed by atoms with van der Waals surface area (Å²) in [7, 11) is 0. The summed E-state index contributed by atoms with van der Waals surface area (Å²) < 4.78 is 0. The number of carbonyl (C=O) groups excluding carboxylic acids is 1. The summed E-state index contributed by atoms with van der Waals surface area (Å²) in [5, 5.41) is 11.8. The maximum Gasteiger partial charge on any atom is 0.308 e. The molecule has 17 heavy (non-hydrogen) atoms. The fourth-order valence-corrected chi connectivity index (χ4v) is 1.26. The minimum Gasteiger partial charge on any atom is -0.481 e. The molecule has 1 rings (SSSR count). The van der Waals surface area contributed by atoms with Gasteiger partial charge in [0, 0.05) is 17.9 Å². The quantitative estimate of drug-likeness (QED) is 0.699. The number of carbonyl (C=O) groups is 2. The van der Waals surface area contributed by atoms with E-state index in [4.69, 9.17) is 10.8 Å². The third kappa shape index (κ3) is 3.44. The Kier molecular flexibility index (Phi) is 4.03. The van der Waals surface area contributed by atoms with E-state index in [1.54, 1.807) is 19.9 Å². The number of primary amides is 1. The van der Waals surface area contributed by atoms with E-state index in [-0.39, 0.29) is 11.7 Å². The molecule has 1 heterocycles. The number of nitrogens with zero attached hydrogens (tertiary/aromatic N) is 1. The molecule has 92 valence electrons. The number of pyridine rings is 1. The normalized spacial score (nSPS) is 13.8. The van der Waals surface area contributed by atoms with Gasteiger partial charge in [-0.05, 0) is 26.0 Å². The van der Waals surface area contributed by atoms with Crippen LogP contribution in [0.4, 0.5) is 5.69 Å². The van der Waals surface area contributed by atoms with Crippen LogP contribution in [-0.4, -0.2) is 28.0 Å². The van der Waals surface area contributed by atoms with Gasteiger partial charge in [0.05, 0.1) is 5.92 Å². The Labute approximate surface area is 98.8 Å². The van der Waals surface area contributed by atoms with Crippen molar-refractivity contribution in [2.75, 3.05) is 5.32 Å². The molecule has 0 saturated carbocycles. The van der Waals surface area contributed by atoms with Gasteiger partial charge in [0.2, 0.25) is 0 Å². The first-order chi connectivity index (χ1) is 7.91. The van der Waals surface area contributed by atoms with Gasteiger partial charge in [0.25, 0.3) is 5.91 Å². The lowest BCUT2D eigenvalue weighted by molar-refractivity contribution is -0.141. The SMILES string of the molecule is CC(Nc1ccnc(C(N)=O)c1)C(C)C(=O)O. The average molecular weight is 237 g/mol. The first-order valence-corrected chi connectivity index (χ1v) is 5.17. The molecule has 0 bridgehead atoms. The van der Waals surface area contributed by atoms with E-state index in [1.807, 2.05) is 0 Å². The van der Waals surface area contributed by atoms with Gasteiger partial charge in [-0.25, -0.2) is 0 Å². The van der Waals surface area contributed by atoms with E-state index in [0.717, 1.165) is 0 Å². The second-order valence-corrected chi connectivity index (χ2v) is 3.85. The number of carboxylic acid groups (broad SMARTS) is 1. The molecule has 0 aliphatic heterocycles. The molecule has 1 amide bonds. The van der Waals surface area contributed by atoms with Crippen LogP contribution in [0.3, 0.4) is 0 Å². The van der Waals surface area contributed by atoms with E-state index in [1.165, 1.54) is 12.3 Å². The van der Waals surface area contributed by atoms with Crippen molar-refractivity contribution in [2.45, 2.75) is 19.9 Å². The molecular weight excluding hydrogens is 222 g/mol. The maximum absolute atomic E-state index is 10.9. The summed E-state index contributed by atoms with van der Waals surface area (Å²) in [6.07, 6.45) is 1.45. The first-order valence-electron chi connectivity index (χ1n) is 5.17. The van der Waals surface area contributed by atoms with Crippen molar-refractivity contribution in [1.82, 2.24) is 4.98 Å². The number of carboxylic acids is 1. The third-order valence-electron chi connectivity index (χ3n) is 2.55. The lowest BCUT2D eigenvalue weighted by Crippen LogP contribution is -2.29. The van der Waals surface area contributed by atoms with Gasteiger partial charge >= 0.3 is 5.97 Å². The Morgan fingerprint density at radius 1 is 1.47 bits per heavy atom. The zero-order chi connectivity index (χ0) is 13.0. The molecule has 0 saturated heterocycles. The van der Waals surface area contributed by atoms with Gasteiger partial charge in [0.1, 0.15) is 5.69 Å². The number of anilines is 1. The summed E-state index contributed by atoms with van der Waals surface area (Å²) in [6.45, 7) is 3.36. The highest BCUT2D eigenvalue weighted by molar-refractivity contribution is 5.91. The molecule has 6 heteroatoms. The van der Waals surface area contributed by atoms with Crippen LogP contribution in [-0.2, 0) is 4.79 Å². The molecule has 0 radical (unpaired) electrons. The third-order valence-corrected chi connectivity index (χ3v) is 2.55. The van der Waals surface area contributed by atoms with Crippen LogP contribution < -0.4 is 11.1 Å². The molecule has 1 aromatic rings. The minimum absolute atomic E-state index is 0.144. The Balaban J connectivity index is 2.78. The van der Waals surface area contributed by atoms with Gasteiger partial charge in [-0.1, -0.05) is 0 Å². The van der Waals surface area contributed by atoms with E-state index in [2.05, 4.69) is 10.3 Å². The van der Waals surface area contributed by atoms with Gasteiger partial charge < -0.3 is 16.2 Å². The largest absolute Gasteiger partial charge is 0.481 e. The summed E-state index contributed by atoms with van der Waals surface area (Å²) in [6, 6.07) is 2.88. The number of nitrogens with one attached hydrogen (secondary N) is 1. The highest BCUT2D eigenvalue weighted by atomic mass is 16.4. The predicted molar refractivity (Wildman–Crippen MR) is 62.6 cm³/mol. The van der Waals surface area contributed by atoms with E-state index in [0.29, 0.717) is 5.69 Å². The Bertz CT molecular complexity index is 434.